The fraction of sp³-hybridized carbons (Fsp3) is 0.789. The zero-order chi connectivity index (χ0) is 17.3. The number of hydrogen-bond acceptors (Lipinski definition) is 4. The van der Waals surface area contributed by atoms with Gasteiger partial charge in [0.1, 0.15) is 0 Å². The summed E-state index contributed by atoms with van der Waals surface area (Å²) in [5.41, 5.74) is 0. The maximum atomic E-state index is 12.1. The molecule has 134 valence electrons. The summed E-state index contributed by atoms with van der Waals surface area (Å²) in [7, 11) is 0. The Labute approximate surface area is 141 Å². The molecule has 0 amide bonds. The number of ether oxygens (including phenoxy) is 2. The van der Waals surface area contributed by atoms with E-state index < -0.39 is 5.92 Å². The minimum atomic E-state index is -0.525. The van der Waals surface area contributed by atoms with Crippen molar-refractivity contribution in [3.05, 3.63) is 12.2 Å². The van der Waals surface area contributed by atoms with Crippen LogP contribution in [-0.2, 0) is 19.1 Å². The molecule has 0 aromatic rings. The fourth-order valence-electron chi connectivity index (χ4n) is 2.00. The van der Waals surface area contributed by atoms with Crippen molar-refractivity contribution in [3.63, 3.8) is 0 Å². The van der Waals surface area contributed by atoms with Crippen LogP contribution >= 0.6 is 0 Å². The highest BCUT2D eigenvalue weighted by Gasteiger charge is 2.21. The van der Waals surface area contributed by atoms with Crippen LogP contribution in [0.15, 0.2) is 12.2 Å². The van der Waals surface area contributed by atoms with E-state index in [-0.39, 0.29) is 18.4 Å². The molecule has 0 saturated carbocycles. The van der Waals surface area contributed by atoms with Crippen LogP contribution < -0.4 is 0 Å². The van der Waals surface area contributed by atoms with Gasteiger partial charge in [0.05, 0.1) is 25.6 Å². The molecule has 0 aliphatic heterocycles. The first-order chi connectivity index (χ1) is 11.2. The molecule has 1 atom stereocenters. The molecule has 1 unspecified atom stereocenters. The summed E-state index contributed by atoms with van der Waals surface area (Å²) in [6, 6.07) is 0. The third-order valence-electron chi connectivity index (χ3n) is 3.54. The van der Waals surface area contributed by atoms with Gasteiger partial charge in [-0.15, -0.1) is 0 Å². The number of hydrogen-bond donors (Lipinski definition) is 0. The van der Waals surface area contributed by atoms with Crippen LogP contribution in [0.3, 0.4) is 0 Å². The van der Waals surface area contributed by atoms with Crippen molar-refractivity contribution in [2.45, 2.75) is 78.6 Å². The van der Waals surface area contributed by atoms with Gasteiger partial charge in [-0.1, -0.05) is 58.6 Å². The number of esters is 2. The molecule has 0 aliphatic rings. The highest BCUT2D eigenvalue weighted by atomic mass is 16.5. The third kappa shape index (κ3) is 12.9. The van der Waals surface area contributed by atoms with E-state index in [0.29, 0.717) is 13.2 Å². The molecule has 0 rings (SSSR count). The molecule has 0 spiro atoms. The van der Waals surface area contributed by atoms with Gasteiger partial charge in [0.25, 0.3) is 0 Å². The molecule has 0 aromatic carbocycles. The molecule has 0 aromatic heterocycles. The van der Waals surface area contributed by atoms with Crippen LogP contribution in [0.5, 0.6) is 0 Å². The molecule has 0 aliphatic carbocycles. The van der Waals surface area contributed by atoms with Crippen molar-refractivity contribution in [3.8, 4) is 0 Å². The molecule has 0 bridgehead atoms. The zero-order valence-corrected chi connectivity index (χ0v) is 15.1. The van der Waals surface area contributed by atoms with E-state index in [1.807, 2.05) is 26.0 Å². The summed E-state index contributed by atoms with van der Waals surface area (Å²) in [6.07, 6.45) is 11.9. The number of rotatable bonds is 14. The number of carbonyl (C=O) groups is 2. The second-order valence-corrected chi connectivity index (χ2v) is 5.83. The van der Waals surface area contributed by atoms with Gasteiger partial charge >= 0.3 is 11.9 Å². The Morgan fingerprint density at radius 3 is 2.09 bits per heavy atom. The lowest BCUT2D eigenvalue weighted by Gasteiger charge is -2.12. The summed E-state index contributed by atoms with van der Waals surface area (Å²) in [4.78, 5) is 24.0. The summed E-state index contributed by atoms with van der Waals surface area (Å²) in [5, 5.41) is 0. The molecule has 4 nitrogen and oxygen atoms in total. The summed E-state index contributed by atoms with van der Waals surface area (Å²) in [5.74, 6) is -1.17. The first kappa shape index (κ1) is 21.7. The molecule has 0 radical (unpaired) electrons. The maximum absolute atomic E-state index is 12.1. The average Bonchev–Trinajstić information content (AvgIpc) is 2.54. The van der Waals surface area contributed by atoms with Gasteiger partial charge in [-0.3, -0.25) is 9.59 Å². The molecule has 23 heavy (non-hydrogen) atoms. The first-order valence-corrected chi connectivity index (χ1v) is 9.14. The Balaban J connectivity index is 4.40. The van der Waals surface area contributed by atoms with Gasteiger partial charge in [-0.05, 0) is 25.7 Å². The minimum Gasteiger partial charge on any atom is -0.466 e. The molecule has 0 fully saturated rings. The predicted molar refractivity (Wildman–Crippen MR) is 93.1 cm³/mol. The second-order valence-electron chi connectivity index (χ2n) is 5.83. The van der Waals surface area contributed by atoms with Gasteiger partial charge < -0.3 is 9.47 Å². The van der Waals surface area contributed by atoms with Crippen LogP contribution in [0.4, 0.5) is 0 Å². The minimum absolute atomic E-state index is 0.0684. The van der Waals surface area contributed by atoms with Crippen molar-refractivity contribution in [1.29, 1.82) is 0 Å². The van der Waals surface area contributed by atoms with E-state index >= 15 is 0 Å². The molecule has 0 N–H and O–H groups in total. The first-order valence-electron chi connectivity index (χ1n) is 9.14. The van der Waals surface area contributed by atoms with Gasteiger partial charge in [0, 0.05) is 0 Å². The Hall–Kier alpha value is -1.32. The lowest BCUT2D eigenvalue weighted by atomic mass is 10.0. The van der Waals surface area contributed by atoms with E-state index in [9.17, 15) is 9.59 Å². The highest BCUT2D eigenvalue weighted by Crippen LogP contribution is 2.12. The summed E-state index contributed by atoms with van der Waals surface area (Å²) >= 11 is 0. The Bertz CT molecular complexity index is 336. The second kappa shape index (κ2) is 15.6. The van der Waals surface area contributed by atoms with Crippen LogP contribution in [0, 0.1) is 5.92 Å². The maximum Gasteiger partial charge on any atom is 0.313 e. The zero-order valence-electron chi connectivity index (χ0n) is 15.1. The quantitative estimate of drug-likeness (QED) is 0.261. The largest absolute Gasteiger partial charge is 0.466 e. The normalized spacial score (nSPS) is 12.3. The SMILES string of the molecule is CCCCCC=CC(CC(=O)OCCCC)C(=O)OCCCC. The molecular weight excluding hydrogens is 292 g/mol. The van der Waals surface area contributed by atoms with E-state index in [2.05, 4.69) is 6.92 Å². The van der Waals surface area contributed by atoms with Crippen molar-refractivity contribution >= 4 is 11.9 Å². The third-order valence-corrected chi connectivity index (χ3v) is 3.54. The standard InChI is InChI=1S/C19H34O4/c1-4-7-10-11-12-13-17(19(21)23-15-9-6-3)16-18(20)22-14-8-5-2/h12-13,17H,4-11,14-16H2,1-3H3. The number of allylic oxidation sites excluding steroid dienone is 1. The van der Waals surface area contributed by atoms with Crippen molar-refractivity contribution in [1.82, 2.24) is 0 Å². The molecule has 0 heterocycles. The Morgan fingerprint density at radius 1 is 0.870 bits per heavy atom. The van der Waals surface area contributed by atoms with Gasteiger partial charge in [-0.2, -0.15) is 0 Å². The van der Waals surface area contributed by atoms with Crippen molar-refractivity contribution in [2.24, 2.45) is 5.92 Å². The number of unbranched alkanes of at least 4 members (excludes halogenated alkanes) is 5. The average molecular weight is 326 g/mol. The topological polar surface area (TPSA) is 52.6 Å². The number of carbonyl (C=O) groups excluding carboxylic acids is 2. The molecular formula is C19H34O4. The lowest BCUT2D eigenvalue weighted by molar-refractivity contribution is -0.153. The van der Waals surface area contributed by atoms with Crippen LogP contribution in [0.1, 0.15) is 78.6 Å². The van der Waals surface area contributed by atoms with Gasteiger partial charge in [-0.25, -0.2) is 0 Å². The molecule has 0 saturated heterocycles. The van der Waals surface area contributed by atoms with Gasteiger partial charge in [0.15, 0.2) is 0 Å². The fourth-order valence-corrected chi connectivity index (χ4v) is 2.00. The van der Waals surface area contributed by atoms with Crippen molar-refractivity contribution in [2.75, 3.05) is 13.2 Å². The highest BCUT2D eigenvalue weighted by molar-refractivity contribution is 5.81. The van der Waals surface area contributed by atoms with Crippen molar-refractivity contribution < 1.29 is 19.1 Å². The van der Waals surface area contributed by atoms with E-state index in [4.69, 9.17) is 9.47 Å². The summed E-state index contributed by atoms with van der Waals surface area (Å²) < 4.78 is 10.4. The molecule has 4 heteroatoms. The van der Waals surface area contributed by atoms with E-state index in [1.165, 1.54) is 12.8 Å². The van der Waals surface area contributed by atoms with Crippen LogP contribution in [0.25, 0.3) is 0 Å². The lowest BCUT2D eigenvalue weighted by Crippen LogP contribution is -2.21. The van der Waals surface area contributed by atoms with Gasteiger partial charge in [0.2, 0.25) is 0 Å². The Morgan fingerprint density at radius 2 is 1.48 bits per heavy atom. The van der Waals surface area contributed by atoms with E-state index in [0.717, 1.165) is 38.5 Å². The smallest absolute Gasteiger partial charge is 0.313 e. The Kier molecular flexibility index (Phi) is 14.7. The van der Waals surface area contributed by atoms with Crippen LogP contribution in [-0.4, -0.2) is 25.2 Å². The predicted octanol–water partition coefficient (Wildman–Crippen LogP) is 4.82. The van der Waals surface area contributed by atoms with Crippen LogP contribution in [0.2, 0.25) is 0 Å². The monoisotopic (exact) mass is 326 g/mol. The summed E-state index contributed by atoms with van der Waals surface area (Å²) in [6.45, 7) is 7.09. The van der Waals surface area contributed by atoms with E-state index in [1.54, 1.807) is 0 Å².